The third-order valence-corrected chi connectivity index (χ3v) is 7.19. The molecule has 0 radical (unpaired) electrons. The quantitative estimate of drug-likeness (QED) is 0.522. The fourth-order valence-electron chi connectivity index (χ4n) is 5.48. The van der Waals surface area contributed by atoms with Gasteiger partial charge in [0.25, 0.3) is 0 Å². The Bertz CT molecular complexity index is 1270. The van der Waals surface area contributed by atoms with E-state index in [1.54, 1.807) is 4.57 Å². The Kier molecular flexibility index (Phi) is 5.73. The summed E-state index contributed by atoms with van der Waals surface area (Å²) in [5, 5.41) is 13.9. The summed E-state index contributed by atoms with van der Waals surface area (Å²) in [5.74, 6) is 1.50. The maximum Gasteiger partial charge on any atom is 0.418 e. The Morgan fingerprint density at radius 3 is 2.56 bits per heavy atom. The van der Waals surface area contributed by atoms with Crippen molar-refractivity contribution in [2.75, 3.05) is 13.1 Å². The second-order valence-electron chi connectivity index (χ2n) is 10.9. The largest absolute Gasteiger partial charge is 0.443 e. The van der Waals surface area contributed by atoms with Crippen molar-refractivity contribution in [1.82, 2.24) is 9.88 Å². The van der Waals surface area contributed by atoms with E-state index in [2.05, 4.69) is 42.6 Å². The molecule has 1 N–H and O–H groups in total. The van der Waals surface area contributed by atoms with Gasteiger partial charge in [-0.15, -0.1) is 0 Å². The standard InChI is InChI=1S/C29H33N3O2/c1-18-13-24(20-9-10-20)25(23-11-12-32(27(18)23)28(33)34-29(2,3)4)14-22-16-31-17-26(22)21-7-5-19(15-30)6-8-21/h5-8,11-13,20,22,26,31H,9-10,14,16-17H2,1-4H3/t22-,26+/m1/s1. The lowest BCUT2D eigenvalue weighted by molar-refractivity contribution is 0.0544. The summed E-state index contributed by atoms with van der Waals surface area (Å²) in [7, 11) is 0. The summed E-state index contributed by atoms with van der Waals surface area (Å²) < 4.78 is 7.38. The lowest BCUT2D eigenvalue weighted by Gasteiger charge is -2.23. The topological polar surface area (TPSA) is 67.0 Å². The molecule has 2 heterocycles. The first-order chi connectivity index (χ1) is 16.2. The average Bonchev–Trinajstić information content (AvgIpc) is 3.35. The van der Waals surface area contributed by atoms with Gasteiger partial charge in [-0.2, -0.15) is 5.26 Å². The molecule has 1 aliphatic carbocycles. The van der Waals surface area contributed by atoms with E-state index in [0.29, 0.717) is 23.3 Å². The fraction of sp³-hybridized carbons (Fsp3) is 0.448. The Morgan fingerprint density at radius 2 is 1.91 bits per heavy atom. The molecule has 2 fully saturated rings. The van der Waals surface area contributed by atoms with Crippen LogP contribution in [0.4, 0.5) is 4.79 Å². The molecule has 176 valence electrons. The number of benzene rings is 2. The molecule has 3 aromatic rings. The number of ether oxygens (including phenoxy) is 1. The van der Waals surface area contributed by atoms with Gasteiger partial charge in [0.2, 0.25) is 0 Å². The Labute approximate surface area is 201 Å². The molecule has 5 nitrogen and oxygen atoms in total. The number of nitriles is 1. The van der Waals surface area contributed by atoms with Gasteiger partial charge in [-0.05, 0) is 106 Å². The first-order valence-electron chi connectivity index (χ1n) is 12.3. The number of hydrogen-bond acceptors (Lipinski definition) is 4. The van der Waals surface area contributed by atoms with Crippen molar-refractivity contribution in [3.63, 3.8) is 0 Å². The molecule has 1 saturated carbocycles. The lowest BCUT2D eigenvalue weighted by atomic mass is 9.82. The van der Waals surface area contributed by atoms with E-state index in [0.717, 1.165) is 30.6 Å². The average molecular weight is 456 g/mol. The third kappa shape index (κ3) is 4.35. The van der Waals surface area contributed by atoms with Gasteiger partial charge in [-0.3, -0.25) is 4.57 Å². The van der Waals surface area contributed by atoms with Crippen LogP contribution >= 0.6 is 0 Å². The molecule has 5 rings (SSSR count). The maximum absolute atomic E-state index is 13.0. The number of aryl methyl sites for hydroxylation is 1. The van der Waals surface area contributed by atoms with Crippen LogP contribution in [0.2, 0.25) is 0 Å². The van der Waals surface area contributed by atoms with E-state index in [1.165, 1.54) is 34.9 Å². The number of aromatic nitrogens is 1. The lowest BCUT2D eigenvalue weighted by Crippen LogP contribution is -2.26. The van der Waals surface area contributed by atoms with Crippen LogP contribution in [-0.4, -0.2) is 29.4 Å². The van der Waals surface area contributed by atoms with Gasteiger partial charge in [0.1, 0.15) is 5.60 Å². The van der Waals surface area contributed by atoms with Gasteiger partial charge < -0.3 is 10.1 Å². The van der Waals surface area contributed by atoms with Crippen LogP contribution in [0.1, 0.15) is 73.3 Å². The molecule has 0 bridgehead atoms. The summed E-state index contributed by atoms with van der Waals surface area (Å²) in [6.45, 7) is 9.72. The van der Waals surface area contributed by atoms with Gasteiger partial charge >= 0.3 is 6.09 Å². The smallest absolute Gasteiger partial charge is 0.418 e. The molecule has 2 aromatic carbocycles. The van der Waals surface area contributed by atoms with Gasteiger partial charge in [0.05, 0.1) is 17.1 Å². The van der Waals surface area contributed by atoms with Crippen molar-refractivity contribution in [3.05, 3.63) is 70.4 Å². The Balaban J connectivity index is 1.53. The highest BCUT2D eigenvalue weighted by atomic mass is 16.6. The molecular weight excluding hydrogens is 422 g/mol. The molecule has 2 atom stereocenters. The van der Waals surface area contributed by atoms with E-state index < -0.39 is 5.60 Å². The monoisotopic (exact) mass is 455 g/mol. The third-order valence-electron chi connectivity index (χ3n) is 7.19. The minimum absolute atomic E-state index is 0.325. The zero-order chi connectivity index (χ0) is 24.0. The summed E-state index contributed by atoms with van der Waals surface area (Å²) in [5.41, 5.74) is 6.39. The fourth-order valence-corrected chi connectivity index (χ4v) is 5.48. The SMILES string of the molecule is Cc1cc(C2CC2)c(C[C@@H]2CNC[C@H]2c2ccc(C#N)cc2)c2ccn(C(=O)OC(C)(C)C)c12. The van der Waals surface area contributed by atoms with Gasteiger partial charge in [-0.1, -0.05) is 18.2 Å². The van der Waals surface area contributed by atoms with Crippen LogP contribution in [-0.2, 0) is 11.2 Å². The molecule has 1 saturated heterocycles. The van der Waals surface area contributed by atoms with Crippen molar-refractivity contribution in [1.29, 1.82) is 5.26 Å². The van der Waals surface area contributed by atoms with Crippen LogP contribution < -0.4 is 5.32 Å². The first-order valence-corrected chi connectivity index (χ1v) is 12.3. The van der Waals surface area contributed by atoms with Gasteiger partial charge in [0.15, 0.2) is 0 Å². The minimum Gasteiger partial charge on any atom is -0.443 e. The van der Waals surface area contributed by atoms with Crippen molar-refractivity contribution >= 4 is 17.0 Å². The molecule has 0 unspecified atom stereocenters. The molecule has 2 aliphatic rings. The summed E-state index contributed by atoms with van der Waals surface area (Å²) in [6.07, 6.45) is 5.00. The zero-order valence-electron chi connectivity index (χ0n) is 20.5. The molecule has 1 aliphatic heterocycles. The molecule has 34 heavy (non-hydrogen) atoms. The molecular formula is C29H33N3O2. The molecule has 1 aromatic heterocycles. The highest BCUT2D eigenvalue weighted by Crippen LogP contribution is 2.46. The first kappa shape index (κ1) is 22.7. The zero-order valence-corrected chi connectivity index (χ0v) is 20.5. The summed E-state index contributed by atoms with van der Waals surface area (Å²) >= 11 is 0. The van der Waals surface area contributed by atoms with E-state index in [1.807, 2.05) is 39.1 Å². The van der Waals surface area contributed by atoms with Crippen LogP contribution in [0, 0.1) is 24.2 Å². The van der Waals surface area contributed by atoms with E-state index in [9.17, 15) is 4.79 Å². The highest BCUT2D eigenvalue weighted by Gasteiger charge is 2.33. The van der Waals surface area contributed by atoms with Gasteiger partial charge in [-0.25, -0.2) is 4.79 Å². The minimum atomic E-state index is -0.539. The molecule has 5 heteroatoms. The number of rotatable bonds is 4. The van der Waals surface area contributed by atoms with E-state index >= 15 is 0 Å². The molecule has 0 amide bonds. The van der Waals surface area contributed by atoms with Crippen molar-refractivity contribution in [2.45, 2.75) is 64.4 Å². The van der Waals surface area contributed by atoms with E-state index in [4.69, 9.17) is 10.00 Å². The van der Waals surface area contributed by atoms with Crippen molar-refractivity contribution < 1.29 is 9.53 Å². The number of carbonyl (C=O) groups excluding carboxylic acids is 1. The van der Waals surface area contributed by atoms with Crippen LogP contribution in [0.5, 0.6) is 0 Å². The molecule has 0 spiro atoms. The number of nitrogens with zero attached hydrogens (tertiary/aromatic N) is 2. The number of carbonyl (C=O) groups is 1. The van der Waals surface area contributed by atoms with E-state index in [-0.39, 0.29) is 6.09 Å². The Hall–Kier alpha value is -3.10. The normalized spacial score (nSPS) is 20.4. The van der Waals surface area contributed by atoms with Crippen LogP contribution in [0.3, 0.4) is 0 Å². The number of fused-ring (bicyclic) bond motifs is 1. The predicted molar refractivity (Wildman–Crippen MR) is 134 cm³/mol. The highest BCUT2D eigenvalue weighted by molar-refractivity contribution is 5.94. The predicted octanol–water partition coefficient (Wildman–Crippen LogP) is 6.03. The second-order valence-corrected chi connectivity index (χ2v) is 10.9. The summed E-state index contributed by atoms with van der Waals surface area (Å²) in [6, 6.07) is 14.7. The van der Waals surface area contributed by atoms with Crippen molar-refractivity contribution in [2.24, 2.45) is 5.92 Å². The number of nitrogens with one attached hydrogen (secondary N) is 1. The van der Waals surface area contributed by atoms with Crippen LogP contribution in [0.15, 0.2) is 42.6 Å². The Morgan fingerprint density at radius 1 is 1.18 bits per heavy atom. The second kappa shape index (κ2) is 8.60. The van der Waals surface area contributed by atoms with Crippen molar-refractivity contribution in [3.8, 4) is 6.07 Å². The van der Waals surface area contributed by atoms with Crippen LogP contribution in [0.25, 0.3) is 10.9 Å². The summed E-state index contributed by atoms with van der Waals surface area (Å²) in [4.78, 5) is 13.0. The van der Waals surface area contributed by atoms with Gasteiger partial charge in [0, 0.05) is 24.0 Å². The maximum atomic E-state index is 13.0. The number of hydrogen-bond donors (Lipinski definition) is 1.